The van der Waals surface area contributed by atoms with Crippen molar-refractivity contribution in [1.29, 1.82) is 0 Å². The summed E-state index contributed by atoms with van der Waals surface area (Å²) >= 11 is 0. The van der Waals surface area contributed by atoms with Crippen molar-refractivity contribution in [1.82, 2.24) is 20.2 Å². The summed E-state index contributed by atoms with van der Waals surface area (Å²) in [4.78, 5) is 14.1. The fraction of sp³-hybridized carbons (Fsp3) is 0.474. The first kappa shape index (κ1) is 19.4. The number of aromatic amines is 1. The number of aliphatic imine (C=N–C) groups is 1. The fourth-order valence-electron chi connectivity index (χ4n) is 3.26. The quantitative estimate of drug-likeness (QED) is 0.558. The van der Waals surface area contributed by atoms with Crippen LogP contribution in [0.2, 0.25) is 0 Å². The van der Waals surface area contributed by atoms with Crippen LogP contribution in [-0.2, 0) is 16.4 Å². The van der Waals surface area contributed by atoms with Gasteiger partial charge < -0.3 is 15.2 Å². The Morgan fingerprint density at radius 1 is 1.33 bits per heavy atom. The Kier molecular flexibility index (Phi) is 5.55. The Balaban J connectivity index is 1.58. The van der Waals surface area contributed by atoms with Gasteiger partial charge in [-0.1, -0.05) is 30.3 Å². The van der Waals surface area contributed by atoms with Crippen molar-refractivity contribution in [3.05, 3.63) is 42.4 Å². The summed E-state index contributed by atoms with van der Waals surface area (Å²) in [5.41, 5.74) is 1.93. The van der Waals surface area contributed by atoms with E-state index < -0.39 is 9.84 Å². The molecule has 0 atom stereocenters. The molecule has 0 aliphatic heterocycles. The van der Waals surface area contributed by atoms with Gasteiger partial charge in [-0.2, -0.15) is 0 Å². The Bertz CT molecular complexity index is 901. The molecule has 2 N–H and O–H groups in total. The van der Waals surface area contributed by atoms with Crippen molar-refractivity contribution in [2.45, 2.75) is 19.4 Å². The first-order valence-electron chi connectivity index (χ1n) is 8.99. The van der Waals surface area contributed by atoms with Crippen molar-refractivity contribution < 1.29 is 8.42 Å². The first-order valence-corrected chi connectivity index (χ1v) is 11.1. The second-order valence-corrected chi connectivity index (χ2v) is 9.58. The van der Waals surface area contributed by atoms with Crippen LogP contribution in [0.15, 0.2) is 41.5 Å². The van der Waals surface area contributed by atoms with Crippen LogP contribution in [-0.4, -0.2) is 61.9 Å². The topological polar surface area (TPSA) is 90.4 Å². The number of benzene rings is 1. The third-order valence-electron chi connectivity index (χ3n) is 4.82. The van der Waals surface area contributed by atoms with E-state index >= 15 is 0 Å². The lowest BCUT2D eigenvalue weighted by atomic mass is 10.1. The highest BCUT2D eigenvalue weighted by molar-refractivity contribution is 7.90. The number of nitrogens with zero attached hydrogens (tertiary/aromatic N) is 3. The second kappa shape index (κ2) is 7.72. The van der Waals surface area contributed by atoms with Gasteiger partial charge in [-0.3, -0.25) is 4.99 Å². The van der Waals surface area contributed by atoms with Crippen LogP contribution in [0.1, 0.15) is 18.7 Å². The first-order chi connectivity index (χ1) is 12.8. The van der Waals surface area contributed by atoms with E-state index in [0.717, 1.165) is 35.9 Å². The summed E-state index contributed by atoms with van der Waals surface area (Å²) in [6, 6.07) is 10.1. The normalized spacial score (nSPS) is 16.2. The zero-order valence-electron chi connectivity index (χ0n) is 16.1. The van der Waals surface area contributed by atoms with Crippen molar-refractivity contribution in [2.24, 2.45) is 10.4 Å². The van der Waals surface area contributed by atoms with E-state index in [1.165, 1.54) is 6.26 Å². The molecule has 7 nitrogen and oxygen atoms in total. The average Bonchev–Trinajstić information content (AvgIpc) is 3.20. The van der Waals surface area contributed by atoms with Gasteiger partial charge in [0.15, 0.2) is 5.96 Å². The minimum Gasteiger partial charge on any atom is -0.356 e. The SMILES string of the molecule is CN=C(NCC1(CS(C)(=O)=O)CC1)N(C)Cc1ncc(-c2ccccc2)[nH]1. The molecule has 0 bridgehead atoms. The molecule has 1 aliphatic rings. The van der Waals surface area contributed by atoms with Crippen LogP contribution < -0.4 is 5.32 Å². The largest absolute Gasteiger partial charge is 0.356 e. The molecular weight excluding hydrogens is 362 g/mol. The number of H-pyrrole nitrogens is 1. The smallest absolute Gasteiger partial charge is 0.193 e. The van der Waals surface area contributed by atoms with Gasteiger partial charge in [0.1, 0.15) is 15.7 Å². The van der Waals surface area contributed by atoms with Gasteiger partial charge >= 0.3 is 0 Å². The van der Waals surface area contributed by atoms with E-state index in [-0.39, 0.29) is 11.2 Å². The molecule has 1 aromatic carbocycles. The lowest BCUT2D eigenvalue weighted by Gasteiger charge is -2.23. The lowest BCUT2D eigenvalue weighted by Crippen LogP contribution is -2.42. The van der Waals surface area contributed by atoms with E-state index in [1.807, 2.05) is 48.5 Å². The maximum atomic E-state index is 11.6. The van der Waals surface area contributed by atoms with Gasteiger partial charge in [-0.25, -0.2) is 13.4 Å². The van der Waals surface area contributed by atoms with Crippen LogP contribution in [0.4, 0.5) is 0 Å². The number of hydrogen-bond donors (Lipinski definition) is 2. The van der Waals surface area contributed by atoms with Crippen LogP contribution in [0.25, 0.3) is 11.3 Å². The Morgan fingerprint density at radius 3 is 2.63 bits per heavy atom. The maximum absolute atomic E-state index is 11.6. The summed E-state index contributed by atoms with van der Waals surface area (Å²) in [6.45, 7) is 1.19. The summed E-state index contributed by atoms with van der Waals surface area (Å²) in [6.07, 6.45) is 5.01. The Hall–Kier alpha value is -2.35. The van der Waals surface area contributed by atoms with E-state index in [1.54, 1.807) is 7.05 Å². The molecule has 1 aromatic heterocycles. The zero-order valence-corrected chi connectivity index (χ0v) is 16.9. The molecule has 1 heterocycles. The number of aromatic nitrogens is 2. The molecule has 0 unspecified atom stereocenters. The molecule has 0 saturated heterocycles. The minimum absolute atomic E-state index is 0.143. The predicted molar refractivity (Wildman–Crippen MR) is 108 cm³/mol. The third kappa shape index (κ3) is 5.32. The highest BCUT2D eigenvalue weighted by Crippen LogP contribution is 2.46. The standard InChI is InChI=1S/C19H27N5O2S/c1-20-18(22-13-19(9-10-19)14-27(3,25)26)24(2)12-17-21-11-16(23-17)15-7-5-4-6-8-15/h4-8,11H,9-10,12-14H2,1-3H3,(H,20,22)(H,21,23). The fourth-order valence-corrected chi connectivity index (χ4v) is 4.77. The molecule has 1 fully saturated rings. The Morgan fingerprint density at radius 2 is 2.04 bits per heavy atom. The van der Waals surface area contributed by atoms with Crippen LogP contribution >= 0.6 is 0 Å². The van der Waals surface area contributed by atoms with Gasteiger partial charge in [-0.15, -0.1) is 0 Å². The van der Waals surface area contributed by atoms with E-state index in [9.17, 15) is 8.42 Å². The number of imidazole rings is 1. The minimum atomic E-state index is -2.97. The predicted octanol–water partition coefficient (Wildman–Crippen LogP) is 1.91. The van der Waals surface area contributed by atoms with E-state index in [4.69, 9.17) is 0 Å². The van der Waals surface area contributed by atoms with E-state index in [0.29, 0.717) is 13.1 Å². The number of hydrogen-bond acceptors (Lipinski definition) is 4. The molecular formula is C19H27N5O2S. The highest BCUT2D eigenvalue weighted by Gasteiger charge is 2.45. The lowest BCUT2D eigenvalue weighted by molar-refractivity contribution is 0.448. The average molecular weight is 390 g/mol. The molecule has 146 valence electrons. The number of guanidine groups is 1. The maximum Gasteiger partial charge on any atom is 0.193 e. The summed E-state index contributed by atoms with van der Waals surface area (Å²) in [7, 11) is 0.695. The molecule has 2 aromatic rings. The molecule has 0 radical (unpaired) electrons. The van der Waals surface area contributed by atoms with Crippen molar-refractivity contribution in [2.75, 3.05) is 32.6 Å². The third-order valence-corrected chi connectivity index (χ3v) is 5.96. The van der Waals surface area contributed by atoms with Crippen LogP contribution in [0.5, 0.6) is 0 Å². The molecule has 0 amide bonds. The second-order valence-electron chi connectivity index (χ2n) is 7.44. The zero-order chi connectivity index (χ0) is 19.5. The monoisotopic (exact) mass is 389 g/mol. The molecule has 0 spiro atoms. The highest BCUT2D eigenvalue weighted by atomic mass is 32.2. The van der Waals surface area contributed by atoms with Gasteiger partial charge in [0.2, 0.25) is 0 Å². The summed E-state index contributed by atoms with van der Waals surface area (Å²) < 4.78 is 23.2. The van der Waals surface area contributed by atoms with E-state index in [2.05, 4.69) is 20.3 Å². The summed E-state index contributed by atoms with van der Waals surface area (Å²) in [5, 5.41) is 3.32. The molecule has 3 rings (SSSR count). The van der Waals surface area contributed by atoms with Gasteiger partial charge in [0, 0.05) is 32.3 Å². The van der Waals surface area contributed by atoms with Crippen molar-refractivity contribution in [3.8, 4) is 11.3 Å². The summed E-state index contributed by atoms with van der Waals surface area (Å²) in [5.74, 6) is 1.80. The molecule has 8 heteroatoms. The van der Waals surface area contributed by atoms with Crippen molar-refractivity contribution in [3.63, 3.8) is 0 Å². The molecule has 1 aliphatic carbocycles. The molecule has 27 heavy (non-hydrogen) atoms. The van der Waals surface area contributed by atoms with Gasteiger partial charge in [0.25, 0.3) is 0 Å². The number of sulfone groups is 1. The number of nitrogens with one attached hydrogen (secondary N) is 2. The van der Waals surface area contributed by atoms with Crippen molar-refractivity contribution >= 4 is 15.8 Å². The Labute approximate surface area is 160 Å². The van der Waals surface area contributed by atoms with Gasteiger partial charge in [-0.05, 0) is 18.4 Å². The van der Waals surface area contributed by atoms with Crippen LogP contribution in [0, 0.1) is 5.41 Å². The van der Waals surface area contributed by atoms with Crippen LogP contribution in [0.3, 0.4) is 0 Å². The molecule has 1 saturated carbocycles. The van der Waals surface area contributed by atoms with Gasteiger partial charge in [0.05, 0.1) is 24.2 Å². The number of rotatable bonds is 7.